The van der Waals surface area contributed by atoms with Gasteiger partial charge in [0.1, 0.15) is 13.2 Å². The van der Waals surface area contributed by atoms with Crippen molar-refractivity contribution in [2.45, 2.75) is 24.9 Å². The second kappa shape index (κ2) is 9.92. The van der Waals surface area contributed by atoms with Gasteiger partial charge in [0, 0.05) is 25.2 Å². The van der Waals surface area contributed by atoms with Crippen molar-refractivity contribution in [2.24, 2.45) is 16.8 Å². The summed E-state index contributed by atoms with van der Waals surface area (Å²) in [4.78, 5) is 18.1. The number of amidine groups is 1. The minimum absolute atomic E-state index is 0.0648. The summed E-state index contributed by atoms with van der Waals surface area (Å²) in [5.41, 5.74) is 3.52. The predicted molar refractivity (Wildman–Crippen MR) is 145 cm³/mol. The van der Waals surface area contributed by atoms with E-state index in [1.807, 2.05) is 52.4 Å². The van der Waals surface area contributed by atoms with E-state index in [1.165, 1.54) is 5.01 Å². The molecule has 2 aromatic carbocycles. The highest BCUT2D eigenvalue weighted by molar-refractivity contribution is 7.08. The minimum Gasteiger partial charge on any atom is -0.486 e. The molecule has 11 heteroatoms. The quantitative estimate of drug-likeness (QED) is 0.160. The third-order valence-corrected chi connectivity index (χ3v) is 7.84. The number of aromatic nitrogens is 2. The number of nitrogens with zero attached hydrogens (tertiary/aromatic N) is 4. The number of imidazole rings is 1. The number of ether oxygens (including phenoxy) is 2. The summed E-state index contributed by atoms with van der Waals surface area (Å²) in [5.74, 6) is 14.5. The zero-order chi connectivity index (χ0) is 25.4. The number of piperidine rings is 1. The second-order valence-electron chi connectivity index (χ2n) is 9.23. The Morgan fingerprint density at radius 3 is 2.65 bits per heavy atom. The van der Waals surface area contributed by atoms with Crippen molar-refractivity contribution in [1.82, 2.24) is 14.5 Å². The van der Waals surface area contributed by atoms with Crippen LogP contribution in [0.25, 0.3) is 11.0 Å². The molecule has 192 valence electrons. The average Bonchev–Trinajstić information content (AvgIpc) is 3.58. The number of thiophene rings is 1. The summed E-state index contributed by atoms with van der Waals surface area (Å²) < 4.78 is 13.3. The molecule has 1 unspecified atom stereocenters. The van der Waals surface area contributed by atoms with Gasteiger partial charge in [0.2, 0.25) is 0 Å². The molecular weight excluding hydrogens is 490 g/mol. The number of nitrogens with two attached hydrogens (primary N) is 2. The maximum absolute atomic E-state index is 12.8. The first kappa shape index (κ1) is 23.6. The summed E-state index contributed by atoms with van der Waals surface area (Å²) in [5, 5.41) is 9.85. The maximum Gasteiger partial charge on any atom is 0.326 e. The molecule has 5 N–H and O–H groups in total. The highest BCUT2D eigenvalue weighted by Gasteiger charge is 2.34. The van der Waals surface area contributed by atoms with Crippen molar-refractivity contribution in [3.8, 4) is 11.5 Å². The highest BCUT2D eigenvalue weighted by Crippen LogP contribution is 2.36. The molecule has 2 aliphatic rings. The van der Waals surface area contributed by atoms with Gasteiger partial charge in [-0.2, -0.15) is 16.4 Å². The topological polar surface area (TPSA) is 127 Å². The highest BCUT2D eigenvalue weighted by atomic mass is 32.1. The lowest BCUT2D eigenvalue weighted by Gasteiger charge is -2.39. The molecular formula is C26H29N7O3S. The van der Waals surface area contributed by atoms with E-state index in [-0.39, 0.29) is 17.8 Å². The molecule has 6 rings (SSSR count). The lowest BCUT2D eigenvalue weighted by Crippen LogP contribution is -2.49. The largest absolute Gasteiger partial charge is 0.486 e. The number of hydrogen-bond donors (Lipinski definition) is 3. The zero-order valence-corrected chi connectivity index (χ0v) is 21.1. The van der Waals surface area contributed by atoms with Crippen LogP contribution < -0.4 is 31.9 Å². The van der Waals surface area contributed by atoms with Crippen LogP contribution in [-0.2, 0) is 0 Å². The number of nitrogens with one attached hydrogen (secondary N) is 1. The normalized spacial score (nSPS) is 17.7. The number of aromatic amines is 1. The van der Waals surface area contributed by atoms with Crippen LogP contribution in [0.3, 0.4) is 0 Å². The molecule has 1 saturated heterocycles. The van der Waals surface area contributed by atoms with E-state index < -0.39 is 0 Å². The molecule has 10 nitrogen and oxygen atoms in total. The van der Waals surface area contributed by atoms with E-state index in [0.717, 1.165) is 42.5 Å². The van der Waals surface area contributed by atoms with E-state index in [0.29, 0.717) is 36.2 Å². The third kappa shape index (κ3) is 4.35. The number of anilines is 1. The number of likely N-dealkylation sites (tertiary alicyclic amines) is 1. The van der Waals surface area contributed by atoms with Gasteiger partial charge in [0.25, 0.3) is 0 Å². The Bertz CT molecular complexity index is 1470. The van der Waals surface area contributed by atoms with Crippen molar-refractivity contribution in [2.75, 3.05) is 31.3 Å². The average molecular weight is 520 g/mol. The number of para-hydroxylation sites is 2. The molecule has 2 aromatic heterocycles. The smallest absolute Gasteiger partial charge is 0.326 e. The Labute approximate surface area is 217 Å². The maximum atomic E-state index is 12.8. The lowest BCUT2D eigenvalue weighted by molar-refractivity contribution is 0.165. The summed E-state index contributed by atoms with van der Waals surface area (Å²) in [6, 6.07) is 15.3. The Morgan fingerprint density at radius 2 is 1.89 bits per heavy atom. The van der Waals surface area contributed by atoms with Crippen LogP contribution in [0.4, 0.5) is 5.69 Å². The van der Waals surface area contributed by atoms with E-state index in [2.05, 4.69) is 26.4 Å². The first-order chi connectivity index (χ1) is 18.1. The number of H-pyrrole nitrogens is 1. The van der Waals surface area contributed by atoms with Gasteiger partial charge in [0.05, 0.1) is 22.8 Å². The lowest BCUT2D eigenvalue weighted by atomic mass is 9.99. The fourth-order valence-electron chi connectivity index (χ4n) is 5.37. The van der Waals surface area contributed by atoms with Crippen molar-refractivity contribution >= 4 is 33.9 Å². The summed E-state index contributed by atoms with van der Waals surface area (Å²) in [7, 11) is 0. The number of hydrogen-bond acceptors (Lipinski definition) is 8. The monoisotopic (exact) mass is 519 g/mol. The van der Waals surface area contributed by atoms with E-state index in [1.54, 1.807) is 11.3 Å². The van der Waals surface area contributed by atoms with E-state index >= 15 is 0 Å². The number of hydrazine groups is 1. The molecule has 37 heavy (non-hydrogen) atoms. The Hall–Kier alpha value is -3.80. The van der Waals surface area contributed by atoms with Gasteiger partial charge < -0.3 is 20.3 Å². The van der Waals surface area contributed by atoms with Gasteiger partial charge >= 0.3 is 5.69 Å². The van der Waals surface area contributed by atoms with Crippen LogP contribution in [0, 0.1) is 0 Å². The number of benzene rings is 2. The molecule has 0 amide bonds. The zero-order valence-electron chi connectivity index (χ0n) is 20.2. The van der Waals surface area contributed by atoms with Crippen molar-refractivity contribution < 1.29 is 9.47 Å². The third-order valence-electron chi connectivity index (χ3n) is 7.14. The van der Waals surface area contributed by atoms with Gasteiger partial charge in [-0.3, -0.25) is 14.5 Å². The van der Waals surface area contributed by atoms with E-state index in [9.17, 15) is 4.79 Å². The van der Waals surface area contributed by atoms with Crippen LogP contribution in [0.1, 0.15) is 30.5 Å². The van der Waals surface area contributed by atoms with Crippen LogP contribution in [0.15, 0.2) is 69.2 Å². The van der Waals surface area contributed by atoms with Gasteiger partial charge in [0.15, 0.2) is 17.3 Å². The first-order valence-electron chi connectivity index (χ1n) is 12.3. The molecule has 1 atom stereocenters. The fourth-order valence-corrected chi connectivity index (χ4v) is 6.05. The molecule has 4 aromatic rings. The Kier molecular flexibility index (Phi) is 6.33. The SMILES string of the molecule is N/N=C(/C(c1ccsc1)N1CCC(n2c(=O)[nH]c3ccccc32)CC1)N(N)c1ccc2c(c1)OCCO2. The van der Waals surface area contributed by atoms with Gasteiger partial charge in [-0.1, -0.05) is 12.1 Å². The van der Waals surface area contributed by atoms with Crippen LogP contribution in [-0.4, -0.2) is 46.6 Å². The number of fused-ring (bicyclic) bond motifs is 2. The number of rotatable bonds is 5. The minimum atomic E-state index is -0.241. The molecule has 2 aliphatic heterocycles. The summed E-state index contributed by atoms with van der Waals surface area (Å²) in [6.07, 6.45) is 1.63. The fraction of sp³-hybridized carbons (Fsp3) is 0.308. The Balaban J connectivity index is 1.27. The van der Waals surface area contributed by atoms with Gasteiger partial charge in [-0.15, -0.1) is 0 Å². The molecule has 0 saturated carbocycles. The molecule has 0 radical (unpaired) electrons. The molecule has 4 heterocycles. The molecule has 0 bridgehead atoms. The number of hydrazone groups is 1. The molecule has 1 fully saturated rings. The molecule has 0 aliphatic carbocycles. The van der Waals surface area contributed by atoms with Crippen molar-refractivity contribution in [1.29, 1.82) is 0 Å². The van der Waals surface area contributed by atoms with Crippen molar-refractivity contribution in [3.05, 3.63) is 75.3 Å². The Morgan fingerprint density at radius 1 is 1.11 bits per heavy atom. The summed E-state index contributed by atoms with van der Waals surface area (Å²) >= 11 is 1.62. The van der Waals surface area contributed by atoms with E-state index in [4.69, 9.17) is 21.2 Å². The molecule has 0 spiro atoms. The summed E-state index contributed by atoms with van der Waals surface area (Å²) in [6.45, 7) is 2.52. The standard InChI is InChI=1S/C26H29N7O3S/c27-30-25(33(28)19-5-6-22-23(15-19)36-13-12-35-22)24(17-9-14-37-16-17)31-10-7-18(8-11-31)32-21-4-2-1-3-20(21)29-26(32)34/h1-6,9,14-16,18,24H,7-8,10-13,27-28H2,(H,29,34)/b30-25-. The van der Waals surface area contributed by atoms with Crippen LogP contribution >= 0.6 is 11.3 Å². The van der Waals surface area contributed by atoms with Crippen molar-refractivity contribution in [3.63, 3.8) is 0 Å². The van der Waals surface area contributed by atoms with Gasteiger partial charge in [-0.25, -0.2) is 10.6 Å². The first-order valence-corrected chi connectivity index (χ1v) is 13.3. The van der Waals surface area contributed by atoms with Crippen LogP contribution in [0.2, 0.25) is 0 Å². The predicted octanol–water partition coefficient (Wildman–Crippen LogP) is 3.19. The second-order valence-corrected chi connectivity index (χ2v) is 10.0. The van der Waals surface area contributed by atoms with Crippen LogP contribution in [0.5, 0.6) is 11.5 Å². The van der Waals surface area contributed by atoms with Gasteiger partial charge in [-0.05, 0) is 59.5 Å².